The quantitative estimate of drug-likeness (QED) is 0.279. The Morgan fingerprint density at radius 2 is 1.92 bits per heavy atom. The normalized spacial score (nSPS) is 6.46. The number of hydrogen-bond acceptors (Lipinski definition) is 5. The van der Waals surface area contributed by atoms with Crippen molar-refractivity contribution in [3.8, 4) is 6.57 Å². The van der Waals surface area contributed by atoms with Crippen LogP contribution < -0.4 is 0 Å². The maximum atomic E-state index is 10.0. The van der Waals surface area contributed by atoms with Crippen LogP contribution in [-0.4, -0.2) is 24.0 Å². The fourth-order valence-electron chi connectivity index (χ4n) is 0.305. The molecule has 0 saturated carbocycles. The number of nitrogens with zero attached hydrogens (tertiary/aromatic N) is 2. The van der Waals surface area contributed by atoms with E-state index >= 15 is 0 Å². The van der Waals surface area contributed by atoms with Crippen LogP contribution in [0.15, 0.2) is 0 Å². The Bertz CT molecular complexity index is 173. The monoisotopic (exact) mass is 188 g/mol. The average molecular weight is 188 g/mol. The Balaban J connectivity index is -0.000000142. The van der Waals surface area contributed by atoms with E-state index in [4.69, 9.17) is 15.4 Å². The van der Waals surface area contributed by atoms with Gasteiger partial charge in [0.25, 0.3) is 0 Å². The second-order valence-corrected chi connectivity index (χ2v) is 1.77. The van der Waals surface area contributed by atoms with Crippen molar-refractivity contribution >= 4 is 12.1 Å². The molecule has 0 bridgehead atoms. The molecule has 0 aromatic carbocycles. The van der Waals surface area contributed by atoms with Gasteiger partial charge in [0.1, 0.15) is 0 Å². The van der Waals surface area contributed by atoms with Crippen molar-refractivity contribution in [3.63, 3.8) is 0 Å². The van der Waals surface area contributed by atoms with Crippen LogP contribution >= 0.6 is 0 Å². The minimum atomic E-state index is -0.500. The van der Waals surface area contributed by atoms with E-state index in [9.17, 15) is 9.59 Å². The maximum absolute atomic E-state index is 10.0. The largest absolute Gasteiger partial charge is 0.295 e. The Labute approximate surface area is 76.3 Å². The molecule has 6 heteroatoms. The van der Waals surface area contributed by atoms with Crippen molar-refractivity contribution in [3.05, 3.63) is 10.1 Å². The van der Waals surface area contributed by atoms with Crippen molar-refractivity contribution in [2.24, 2.45) is 0 Å². The number of ketones is 1. The van der Waals surface area contributed by atoms with Gasteiger partial charge in [-0.05, 0) is 6.42 Å². The van der Waals surface area contributed by atoms with Gasteiger partial charge in [-0.15, -0.1) is 0 Å². The number of hydrogen-bond donors (Lipinski definition) is 0. The van der Waals surface area contributed by atoms with Crippen LogP contribution in [0.25, 0.3) is 0 Å². The summed E-state index contributed by atoms with van der Waals surface area (Å²) in [6, 6.07) is 0. The van der Waals surface area contributed by atoms with Crippen LogP contribution in [-0.2, 0) is 9.59 Å². The highest BCUT2D eigenvalue weighted by Crippen LogP contribution is 1.83. The van der Waals surface area contributed by atoms with E-state index in [-0.39, 0.29) is 5.78 Å². The summed E-state index contributed by atoms with van der Waals surface area (Å²) in [5.74, 6) is -0.303. The summed E-state index contributed by atoms with van der Waals surface area (Å²) >= 11 is 0. The standard InChI is InChI=1S/C5H8O2.CH3NO2.CHN/c1-2-3-5(7)4-6;1-2(3)4;1-2/h4H,2-3H2,1H3;1H3;1H. The molecule has 0 aliphatic carbocycles. The maximum Gasteiger partial charge on any atom is 0.195 e. The van der Waals surface area contributed by atoms with Gasteiger partial charge >= 0.3 is 0 Å². The van der Waals surface area contributed by atoms with Crippen LogP contribution in [0.1, 0.15) is 19.8 Å². The highest BCUT2D eigenvalue weighted by atomic mass is 16.6. The number of aldehydes is 1. The van der Waals surface area contributed by atoms with Gasteiger partial charge in [0, 0.05) is 17.9 Å². The molecule has 0 aliphatic rings. The molecule has 0 aliphatic heterocycles. The predicted octanol–water partition coefficient (Wildman–Crippen LogP) is 0.587. The zero-order chi connectivity index (χ0) is 11.3. The Kier molecular flexibility index (Phi) is 22.3. The van der Waals surface area contributed by atoms with Crippen molar-refractivity contribution < 1.29 is 14.5 Å². The molecule has 0 radical (unpaired) electrons. The molecule has 0 saturated heterocycles. The van der Waals surface area contributed by atoms with Crippen LogP contribution in [0.2, 0.25) is 0 Å². The van der Waals surface area contributed by atoms with E-state index in [1.807, 2.05) is 6.92 Å². The Hall–Kier alpha value is -1.77. The number of Topliss-reactive ketones (excluding diaryl/α,β-unsaturated/α-hetero) is 1. The van der Waals surface area contributed by atoms with E-state index in [0.717, 1.165) is 13.5 Å². The Morgan fingerprint density at radius 1 is 1.62 bits per heavy atom. The third-order valence-corrected chi connectivity index (χ3v) is 0.628. The molecule has 0 N–H and O–H groups in total. The number of rotatable bonds is 3. The highest BCUT2D eigenvalue weighted by molar-refractivity contribution is 6.24. The van der Waals surface area contributed by atoms with Gasteiger partial charge in [-0.2, -0.15) is 0 Å². The SMILES string of the molecule is C#N.CCCC(=O)C=O.C[N+](=O)[O-]. The fraction of sp³-hybridized carbons (Fsp3) is 0.571. The highest BCUT2D eigenvalue weighted by Gasteiger charge is 1.92. The molecule has 0 aromatic rings. The number of nitro groups is 1. The van der Waals surface area contributed by atoms with E-state index < -0.39 is 4.92 Å². The molecule has 0 heterocycles. The second kappa shape index (κ2) is 16.7. The molecule has 0 atom stereocenters. The first-order valence-electron chi connectivity index (χ1n) is 3.36. The minimum Gasteiger partial charge on any atom is -0.295 e. The summed E-state index contributed by atoms with van der Waals surface area (Å²) in [6.45, 7) is 5.36. The molecule has 0 rings (SSSR count). The van der Waals surface area contributed by atoms with Crippen LogP contribution in [0, 0.1) is 21.9 Å². The summed E-state index contributed by atoms with van der Waals surface area (Å²) in [7, 11) is 0.889. The number of nitriles is 1. The van der Waals surface area contributed by atoms with Gasteiger partial charge in [-0.25, -0.2) is 5.26 Å². The first kappa shape index (κ1) is 17.4. The van der Waals surface area contributed by atoms with E-state index in [2.05, 4.69) is 6.57 Å². The number of carbonyl (C=O) groups excluding carboxylic acids is 2. The minimum absolute atomic E-state index is 0.303. The molecule has 13 heavy (non-hydrogen) atoms. The lowest BCUT2D eigenvalue weighted by Gasteiger charge is -1.79. The van der Waals surface area contributed by atoms with Gasteiger partial charge in [-0.1, -0.05) is 6.92 Å². The molecular formula is C7H12N2O4. The van der Waals surface area contributed by atoms with Gasteiger partial charge in [-0.3, -0.25) is 19.7 Å². The summed E-state index contributed by atoms with van der Waals surface area (Å²) in [5, 5.41) is 15.3. The second-order valence-electron chi connectivity index (χ2n) is 1.77. The molecule has 0 unspecified atom stereocenters. The zero-order valence-corrected chi connectivity index (χ0v) is 7.60. The fourth-order valence-corrected chi connectivity index (χ4v) is 0.305. The van der Waals surface area contributed by atoms with Gasteiger partial charge in [0.15, 0.2) is 19.1 Å². The lowest BCUT2D eigenvalue weighted by Crippen LogP contribution is -1.95. The Morgan fingerprint density at radius 3 is 2.00 bits per heavy atom. The average Bonchev–Trinajstić information content (AvgIpc) is 2.07. The van der Waals surface area contributed by atoms with Gasteiger partial charge in [0.2, 0.25) is 0 Å². The molecule has 0 fully saturated rings. The topological polar surface area (TPSA) is 101 Å². The first-order chi connectivity index (χ1) is 6.04. The van der Waals surface area contributed by atoms with Crippen LogP contribution in [0.4, 0.5) is 0 Å². The molecule has 74 valence electrons. The summed E-state index contributed by atoms with van der Waals surface area (Å²) in [6.07, 6.45) is 1.52. The van der Waals surface area contributed by atoms with Crippen molar-refractivity contribution in [1.82, 2.24) is 0 Å². The summed E-state index contributed by atoms with van der Waals surface area (Å²) in [5.41, 5.74) is 0. The molecule has 0 amide bonds. The van der Waals surface area contributed by atoms with Gasteiger partial charge < -0.3 is 0 Å². The molecule has 0 aromatic heterocycles. The van der Waals surface area contributed by atoms with E-state index in [1.54, 1.807) is 0 Å². The van der Waals surface area contributed by atoms with E-state index in [1.165, 1.54) is 0 Å². The first-order valence-corrected chi connectivity index (χ1v) is 3.36. The molecule has 6 nitrogen and oxygen atoms in total. The van der Waals surface area contributed by atoms with Crippen molar-refractivity contribution in [2.45, 2.75) is 19.8 Å². The molecule has 0 spiro atoms. The van der Waals surface area contributed by atoms with Crippen LogP contribution in [0.3, 0.4) is 0 Å². The smallest absolute Gasteiger partial charge is 0.195 e. The summed E-state index contributed by atoms with van der Waals surface area (Å²) < 4.78 is 0. The lowest BCUT2D eigenvalue weighted by atomic mass is 10.2. The van der Waals surface area contributed by atoms with E-state index in [0.29, 0.717) is 12.7 Å². The number of carbonyl (C=O) groups is 2. The molecular weight excluding hydrogens is 176 g/mol. The lowest BCUT2D eigenvalue weighted by molar-refractivity contribution is -0.445. The summed E-state index contributed by atoms with van der Waals surface area (Å²) in [4.78, 5) is 27.9. The van der Waals surface area contributed by atoms with Gasteiger partial charge in [0.05, 0.1) is 0 Å². The van der Waals surface area contributed by atoms with Crippen LogP contribution in [0.5, 0.6) is 0 Å². The third kappa shape index (κ3) is 66.4. The predicted molar refractivity (Wildman–Crippen MR) is 45.6 cm³/mol. The third-order valence-electron chi connectivity index (χ3n) is 0.628. The van der Waals surface area contributed by atoms with Crippen molar-refractivity contribution in [1.29, 1.82) is 5.26 Å². The van der Waals surface area contributed by atoms with Crippen molar-refractivity contribution in [2.75, 3.05) is 7.05 Å². The zero-order valence-electron chi connectivity index (χ0n) is 7.60.